The molecule has 0 aromatic heterocycles. The fraction of sp³-hybridized carbons (Fsp3) is 0.520. The van der Waals surface area contributed by atoms with Gasteiger partial charge in [-0.25, -0.2) is 0 Å². The highest BCUT2D eigenvalue weighted by molar-refractivity contribution is 5.23. The molecular formula is C25H37NO. The Kier molecular flexibility index (Phi) is 8.53. The van der Waals surface area contributed by atoms with E-state index in [-0.39, 0.29) is 0 Å². The lowest BCUT2D eigenvalue weighted by molar-refractivity contribution is -0.0167. The van der Waals surface area contributed by atoms with Crippen molar-refractivity contribution in [3.05, 3.63) is 71.8 Å². The van der Waals surface area contributed by atoms with E-state index in [0.717, 1.165) is 24.8 Å². The summed E-state index contributed by atoms with van der Waals surface area (Å²) >= 11 is 0. The molecular weight excluding hydrogens is 330 g/mol. The standard InChI is InChI=1S/C25H37NO/c1-5-7-19-24(22-15-10-8-11-16-22)26(21(3)14-6-2)20-25(4,27)23-17-12-9-13-18-23/h8-13,15-18,21,24,27H,5-7,14,19-20H2,1-4H3. The molecule has 0 amide bonds. The van der Waals surface area contributed by atoms with Crippen molar-refractivity contribution in [2.75, 3.05) is 6.54 Å². The molecule has 0 radical (unpaired) electrons. The summed E-state index contributed by atoms with van der Waals surface area (Å²) in [6.07, 6.45) is 5.80. The first-order chi connectivity index (χ1) is 13.0. The molecule has 2 heteroatoms. The first kappa shape index (κ1) is 21.7. The summed E-state index contributed by atoms with van der Waals surface area (Å²) < 4.78 is 0. The molecule has 27 heavy (non-hydrogen) atoms. The zero-order chi connectivity index (χ0) is 19.7. The van der Waals surface area contributed by atoms with Gasteiger partial charge in [0.2, 0.25) is 0 Å². The number of nitrogens with zero attached hydrogens (tertiary/aromatic N) is 1. The second kappa shape index (κ2) is 10.6. The van der Waals surface area contributed by atoms with Crippen LogP contribution < -0.4 is 0 Å². The molecule has 0 aliphatic carbocycles. The SMILES string of the molecule is CCCCC(c1ccccc1)N(CC(C)(O)c1ccccc1)C(C)CCC. The first-order valence-corrected chi connectivity index (χ1v) is 10.6. The van der Waals surface area contributed by atoms with Gasteiger partial charge in [-0.2, -0.15) is 0 Å². The topological polar surface area (TPSA) is 23.5 Å². The molecule has 2 aromatic carbocycles. The maximum atomic E-state index is 11.4. The van der Waals surface area contributed by atoms with Crippen molar-refractivity contribution in [3.8, 4) is 0 Å². The summed E-state index contributed by atoms with van der Waals surface area (Å²) in [6.45, 7) is 9.40. The van der Waals surface area contributed by atoms with Crippen LogP contribution in [0.15, 0.2) is 60.7 Å². The molecule has 0 saturated carbocycles. The van der Waals surface area contributed by atoms with Gasteiger partial charge in [0.25, 0.3) is 0 Å². The predicted octanol–water partition coefficient (Wildman–Crippen LogP) is 6.32. The number of rotatable bonds is 11. The number of hydrogen-bond acceptors (Lipinski definition) is 2. The zero-order valence-electron chi connectivity index (χ0n) is 17.6. The van der Waals surface area contributed by atoms with Crippen LogP contribution in [0.3, 0.4) is 0 Å². The Hall–Kier alpha value is -1.64. The highest BCUT2D eigenvalue weighted by Gasteiger charge is 2.32. The van der Waals surface area contributed by atoms with Crippen LogP contribution in [0.2, 0.25) is 0 Å². The van der Waals surface area contributed by atoms with Crippen LogP contribution in [0.25, 0.3) is 0 Å². The van der Waals surface area contributed by atoms with Gasteiger partial charge < -0.3 is 5.11 Å². The van der Waals surface area contributed by atoms with E-state index in [2.05, 4.69) is 56.0 Å². The smallest absolute Gasteiger partial charge is 0.0995 e. The summed E-state index contributed by atoms with van der Waals surface area (Å²) in [5, 5.41) is 11.4. The van der Waals surface area contributed by atoms with E-state index < -0.39 is 5.60 Å². The van der Waals surface area contributed by atoms with Gasteiger partial charge in [0, 0.05) is 18.6 Å². The van der Waals surface area contributed by atoms with Crippen LogP contribution in [0, 0.1) is 0 Å². The lowest BCUT2D eigenvalue weighted by atomic mass is 9.91. The van der Waals surface area contributed by atoms with Crippen LogP contribution in [-0.2, 0) is 5.60 Å². The van der Waals surface area contributed by atoms with Crippen LogP contribution in [-0.4, -0.2) is 22.6 Å². The number of hydrogen-bond donors (Lipinski definition) is 1. The van der Waals surface area contributed by atoms with Crippen molar-refractivity contribution in [2.24, 2.45) is 0 Å². The van der Waals surface area contributed by atoms with Gasteiger partial charge in [0.15, 0.2) is 0 Å². The minimum Gasteiger partial charge on any atom is -0.384 e. The Labute approximate surface area is 166 Å². The fourth-order valence-electron chi connectivity index (χ4n) is 4.00. The average Bonchev–Trinajstić information content (AvgIpc) is 2.69. The Morgan fingerprint density at radius 1 is 0.889 bits per heavy atom. The Bertz CT molecular complexity index is 638. The van der Waals surface area contributed by atoms with Crippen molar-refractivity contribution >= 4 is 0 Å². The Morgan fingerprint density at radius 3 is 2.04 bits per heavy atom. The Balaban J connectivity index is 2.35. The first-order valence-electron chi connectivity index (χ1n) is 10.6. The number of benzene rings is 2. The molecule has 2 nitrogen and oxygen atoms in total. The lowest BCUT2D eigenvalue weighted by Crippen LogP contribution is -2.45. The second-order valence-electron chi connectivity index (χ2n) is 8.02. The summed E-state index contributed by atoms with van der Waals surface area (Å²) in [7, 11) is 0. The minimum absolute atomic E-state index is 0.336. The monoisotopic (exact) mass is 367 g/mol. The van der Waals surface area contributed by atoms with E-state index in [9.17, 15) is 5.11 Å². The maximum absolute atomic E-state index is 11.4. The van der Waals surface area contributed by atoms with E-state index in [4.69, 9.17) is 0 Å². The van der Waals surface area contributed by atoms with Gasteiger partial charge in [0.1, 0.15) is 0 Å². The minimum atomic E-state index is -0.873. The molecule has 2 rings (SSSR count). The lowest BCUT2D eigenvalue weighted by Gasteiger charge is -2.41. The van der Waals surface area contributed by atoms with E-state index >= 15 is 0 Å². The van der Waals surface area contributed by atoms with E-state index in [1.165, 1.54) is 18.4 Å². The molecule has 3 atom stereocenters. The fourth-order valence-corrected chi connectivity index (χ4v) is 4.00. The van der Waals surface area contributed by atoms with E-state index in [1.54, 1.807) is 0 Å². The number of unbranched alkanes of at least 4 members (excludes halogenated alkanes) is 1. The van der Waals surface area contributed by atoms with E-state index in [1.807, 2.05) is 37.3 Å². The maximum Gasteiger partial charge on any atom is 0.0995 e. The van der Waals surface area contributed by atoms with E-state index in [0.29, 0.717) is 18.6 Å². The normalized spacial score (nSPS) is 16.1. The van der Waals surface area contributed by atoms with Crippen molar-refractivity contribution in [1.82, 2.24) is 4.90 Å². The highest BCUT2D eigenvalue weighted by atomic mass is 16.3. The van der Waals surface area contributed by atoms with Crippen LogP contribution in [0.5, 0.6) is 0 Å². The molecule has 0 aliphatic rings. The van der Waals surface area contributed by atoms with Gasteiger partial charge in [-0.3, -0.25) is 4.90 Å². The zero-order valence-corrected chi connectivity index (χ0v) is 17.6. The summed E-state index contributed by atoms with van der Waals surface area (Å²) in [6, 6.07) is 21.7. The van der Waals surface area contributed by atoms with Crippen molar-refractivity contribution in [3.63, 3.8) is 0 Å². The van der Waals surface area contributed by atoms with Gasteiger partial charge >= 0.3 is 0 Å². The molecule has 2 aromatic rings. The molecule has 0 heterocycles. The second-order valence-corrected chi connectivity index (χ2v) is 8.02. The van der Waals surface area contributed by atoms with Gasteiger partial charge in [0.05, 0.1) is 5.60 Å². The number of aliphatic hydroxyl groups is 1. The molecule has 0 aliphatic heterocycles. The van der Waals surface area contributed by atoms with Gasteiger partial charge in [-0.05, 0) is 37.8 Å². The van der Waals surface area contributed by atoms with Crippen LogP contribution >= 0.6 is 0 Å². The summed E-state index contributed by atoms with van der Waals surface area (Å²) in [4.78, 5) is 2.54. The molecule has 0 spiro atoms. The molecule has 3 unspecified atom stereocenters. The van der Waals surface area contributed by atoms with Crippen molar-refractivity contribution < 1.29 is 5.11 Å². The van der Waals surface area contributed by atoms with Crippen molar-refractivity contribution in [1.29, 1.82) is 0 Å². The van der Waals surface area contributed by atoms with Gasteiger partial charge in [-0.1, -0.05) is 93.8 Å². The highest BCUT2D eigenvalue weighted by Crippen LogP contribution is 2.33. The third-order valence-corrected chi connectivity index (χ3v) is 5.57. The third kappa shape index (κ3) is 6.19. The van der Waals surface area contributed by atoms with Crippen LogP contribution in [0.1, 0.15) is 77.0 Å². The molecule has 0 saturated heterocycles. The summed E-state index contributed by atoms with van der Waals surface area (Å²) in [5.41, 5.74) is 1.47. The van der Waals surface area contributed by atoms with Crippen LogP contribution in [0.4, 0.5) is 0 Å². The largest absolute Gasteiger partial charge is 0.384 e. The van der Waals surface area contributed by atoms with Gasteiger partial charge in [-0.15, -0.1) is 0 Å². The molecule has 0 fully saturated rings. The average molecular weight is 368 g/mol. The molecule has 1 N–H and O–H groups in total. The third-order valence-electron chi connectivity index (χ3n) is 5.57. The van der Waals surface area contributed by atoms with Crippen molar-refractivity contribution in [2.45, 2.75) is 77.5 Å². The summed E-state index contributed by atoms with van der Waals surface area (Å²) in [5.74, 6) is 0. The quantitative estimate of drug-likeness (QED) is 0.502. The Morgan fingerprint density at radius 2 is 1.48 bits per heavy atom. The molecule has 148 valence electrons. The predicted molar refractivity (Wildman–Crippen MR) is 116 cm³/mol. The molecule has 0 bridgehead atoms.